The van der Waals surface area contributed by atoms with Gasteiger partial charge in [-0.15, -0.1) is 0 Å². The van der Waals surface area contributed by atoms with Crippen molar-refractivity contribution in [2.24, 2.45) is 0 Å². The van der Waals surface area contributed by atoms with E-state index in [9.17, 15) is 12.8 Å². The quantitative estimate of drug-likeness (QED) is 0.866. The van der Waals surface area contributed by atoms with Gasteiger partial charge >= 0.3 is 0 Å². The highest BCUT2D eigenvalue weighted by atomic mass is 32.2. The lowest BCUT2D eigenvalue weighted by Crippen LogP contribution is -2.31. The first-order chi connectivity index (χ1) is 11.0. The van der Waals surface area contributed by atoms with Crippen molar-refractivity contribution in [3.63, 3.8) is 0 Å². The van der Waals surface area contributed by atoms with Gasteiger partial charge in [0.1, 0.15) is 11.9 Å². The van der Waals surface area contributed by atoms with E-state index in [0.717, 1.165) is 18.6 Å². The highest BCUT2D eigenvalue weighted by molar-refractivity contribution is 7.89. The van der Waals surface area contributed by atoms with Crippen molar-refractivity contribution < 1.29 is 12.8 Å². The lowest BCUT2D eigenvalue weighted by atomic mass is 10.1. The molecule has 23 heavy (non-hydrogen) atoms. The van der Waals surface area contributed by atoms with E-state index < -0.39 is 15.8 Å². The van der Waals surface area contributed by atoms with Crippen LogP contribution in [-0.2, 0) is 10.0 Å². The Labute approximate surface area is 134 Å². The van der Waals surface area contributed by atoms with E-state index in [1.807, 2.05) is 6.07 Å². The first-order valence-electron chi connectivity index (χ1n) is 7.16. The van der Waals surface area contributed by atoms with Crippen LogP contribution >= 0.6 is 0 Å². The molecule has 1 unspecified atom stereocenters. The minimum absolute atomic E-state index is 0.0710. The second kappa shape index (κ2) is 6.07. The van der Waals surface area contributed by atoms with Crippen molar-refractivity contribution in [1.29, 1.82) is 5.26 Å². The van der Waals surface area contributed by atoms with Crippen molar-refractivity contribution in [2.75, 3.05) is 6.54 Å². The predicted octanol–water partition coefficient (Wildman–Crippen LogP) is 2.62. The van der Waals surface area contributed by atoms with Crippen LogP contribution in [0.3, 0.4) is 0 Å². The molecule has 5 nitrogen and oxygen atoms in total. The first kappa shape index (κ1) is 15.6. The molecular weight excluding hydrogens is 317 g/mol. The summed E-state index contributed by atoms with van der Waals surface area (Å²) >= 11 is 0. The van der Waals surface area contributed by atoms with Crippen LogP contribution < -0.4 is 0 Å². The van der Waals surface area contributed by atoms with Crippen LogP contribution in [0, 0.1) is 17.1 Å². The van der Waals surface area contributed by atoms with Crippen molar-refractivity contribution in [3.8, 4) is 6.07 Å². The predicted molar refractivity (Wildman–Crippen MR) is 81.2 cm³/mol. The van der Waals surface area contributed by atoms with E-state index in [1.54, 1.807) is 24.4 Å². The van der Waals surface area contributed by atoms with Gasteiger partial charge in [0.05, 0.1) is 22.2 Å². The van der Waals surface area contributed by atoms with Crippen molar-refractivity contribution in [3.05, 3.63) is 59.7 Å². The van der Waals surface area contributed by atoms with Gasteiger partial charge in [-0.05, 0) is 43.2 Å². The number of rotatable bonds is 3. The molecule has 0 spiro atoms. The second-order valence-electron chi connectivity index (χ2n) is 5.28. The fourth-order valence-corrected chi connectivity index (χ4v) is 4.48. The zero-order valence-corrected chi connectivity index (χ0v) is 13.0. The number of nitriles is 1. The lowest BCUT2D eigenvalue weighted by Gasteiger charge is -2.23. The Hall–Kier alpha value is -2.30. The smallest absolute Gasteiger partial charge is 0.243 e. The number of pyridine rings is 1. The summed E-state index contributed by atoms with van der Waals surface area (Å²) in [6.07, 6.45) is 3.04. The number of halogens is 1. The number of sulfonamides is 1. The topological polar surface area (TPSA) is 74.1 Å². The third-order valence-electron chi connectivity index (χ3n) is 3.90. The number of hydrogen-bond donors (Lipinski definition) is 0. The fraction of sp³-hybridized carbons (Fsp3) is 0.250. The molecule has 7 heteroatoms. The van der Waals surface area contributed by atoms with Crippen molar-refractivity contribution >= 4 is 10.0 Å². The van der Waals surface area contributed by atoms with Crippen molar-refractivity contribution in [2.45, 2.75) is 23.8 Å². The average Bonchev–Trinajstić information content (AvgIpc) is 3.06. The molecule has 0 saturated carbocycles. The third kappa shape index (κ3) is 2.83. The van der Waals surface area contributed by atoms with Crippen LogP contribution in [0.5, 0.6) is 0 Å². The summed E-state index contributed by atoms with van der Waals surface area (Å²) in [4.78, 5) is 4.18. The monoisotopic (exact) mass is 331 g/mol. The summed E-state index contributed by atoms with van der Waals surface area (Å²) in [5.41, 5.74) is 0.413. The van der Waals surface area contributed by atoms with E-state index >= 15 is 0 Å². The van der Waals surface area contributed by atoms with E-state index in [0.29, 0.717) is 18.7 Å². The number of nitrogens with zero attached hydrogens (tertiary/aromatic N) is 3. The van der Waals surface area contributed by atoms with Crippen LogP contribution in [0.15, 0.2) is 47.5 Å². The maximum Gasteiger partial charge on any atom is 0.243 e. The van der Waals surface area contributed by atoms with E-state index in [4.69, 9.17) is 5.26 Å². The van der Waals surface area contributed by atoms with Gasteiger partial charge in [0.25, 0.3) is 0 Å². The first-order valence-corrected chi connectivity index (χ1v) is 8.60. The minimum atomic E-state index is -3.81. The van der Waals surface area contributed by atoms with Crippen LogP contribution in [0.25, 0.3) is 0 Å². The molecule has 1 aliphatic rings. The van der Waals surface area contributed by atoms with Gasteiger partial charge in [0.15, 0.2) is 0 Å². The molecule has 1 aromatic carbocycles. The Morgan fingerprint density at radius 3 is 2.83 bits per heavy atom. The summed E-state index contributed by atoms with van der Waals surface area (Å²) in [5.74, 6) is -0.728. The Balaban J connectivity index is 2.01. The summed E-state index contributed by atoms with van der Waals surface area (Å²) in [7, 11) is -3.81. The highest BCUT2D eigenvalue weighted by Gasteiger charge is 2.37. The molecule has 3 rings (SSSR count). The van der Waals surface area contributed by atoms with E-state index in [2.05, 4.69) is 4.98 Å². The molecule has 1 aliphatic heterocycles. The summed E-state index contributed by atoms with van der Waals surface area (Å²) in [5, 5.41) is 8.90. The second-order valence-corrected chi connectivity index (χ2v) is 7.17. The van der Waals surface area contributed by atoms with Gasteiger partial charge in [-0.1, -0.05) is 6.07 Å². The largest absolute Gasteiger partial charge is 0.260 e. The maximum absolute atomic E-state index is 13.4. The molecule has 1 saturated heterocycles. The molecule has 0 aliphatic carbocycles. The molecule has 1 fully saturated rings. The molecule has 1 atom stereocenters. The highest BCUT2D eigenvalue weighted by Crippen LogP contribution is 2.35. The van der Waals surface area contributed by atoms with Gasteiger partial charge in [-0.25, -0.2) is 12.8 Å². The third-order valence-corrected chi connectivity index (χ3v) is 5.80. The summed E-state index contributed by atoms with van der Waals surface area (Å²) < 4.78 is 40.5. The molecule has 2 aromatic rings. The van der Waals surface area contributed by atoms with Crippen LogP contribution in [0.4, 0.5) is 4.39 Å². The van der Waals surface area contributed by atoms with Crippen LogP contribution in [-0.4, -0.2) is 24.3 Å². The summed E-state index contributed by atoms with van der Waals surface area (Å²) in [6.45, 7) is 0.378. The van der Waals surface area contributed by atoms with Crippen LogP contribution in [0.2, 0.25) is 0 Å². The Bertz CT molecular complexity index is 863. The molecular formula is C16H14FN3O2S. The molecule has 1 aromatic heterocycles. The summed E-state index contributed by atoms with van der Waals surface area (Å²) in [6, 6.07) is 10.0. The normalized spacial score (nSPS) is 18.7. The van der Waals surface area contributed by atoms with Gasteiger partial charge < -0.3 is 0 Å². The standard InChI is InChI=1S/C16H14FN3O2S/c17-14-7-6-13(10-12(14)11-18)23(21,22)20-9-3-5-16(20)15-4-1-2-8-19-15/h1-2,4,6-8,10,16H,3,5,9H2. The Kier molecular flexibility index (Phi) is 4.11. The average molecular weight is 331 g/mol. The number of benzene rings is 1. The fourth-order valence-electron chi connectivity index (χ4n) is 2.78. The number of aromatic nitrogens is 1. The SMILES string of the molecule is N#Cc1cc(S(=O)(=O)N2CCCC2c2ccccn2)ccc1F. The molecule has 2 heterocycles. The van der Waals surface area contributed by atoms with Crippen molar-refractivity contribution in [1.82, 2.24) is 9.29 Å². The minimum Gasteiger partial charge on any atom is -0.260 e. The molecule has 0 bridgehead atoms. The number of hydrogen-bond acceptors (Lipinski definition) is 4. The molecule has 0 amide bonds. The lowest BCUT2D eigenvalue weighted by molar-refractivity contribution is 0.390. The van der Waals surface area contributed by atoms with E-state index in [-0.39, 0.29) is 16.5 Å². The molecule has 0 radical (unpaired) electrons. The zero-order valence-electron chi connectivity index (χ0n) is 12.2. The van der Waals surface area contributed by atoms with Gasteiger partial charge in [0, 0.05) is 12.7 Å². The zero-order chi connectivity index (χ0) is 16.4. The Morgan fingerprint density at radius 2 is 2.13 bits per heavy atom. The maximum atomic E-state index is 13.4. The van der Waals surface area contributed by atoms with Gasteiger partial charge in [-0.2, -0.15) is 9.57 Å². The van der Waals surface area contributed by atoms with Gasteiger partial charge in [0.2, 0.25) is 10.0 Å². The Morgan fingerprint density at radius 1 is 1.30 bits per heavy atom. The molecule has 118 valence electrons. The van der Waals surface area contributed by atoms with E-state index in [1.165, 1.54) is 10.4 Å². The van der Waals surface area contributed by atoms with Crippen LogP contribution in [0.1, 0.15) is 30.1 Å². The van der Waals surface area contributed by atoms with Gasteiger partial charge in [-0.3, -0.25) is 4.98 Å². The molecule has 0 N–H and O–H groups in total.